The zero-order valence-corrected chi connectivity index (χ0v) is 15.9. The van der Waals surface area contributed by atoms with Crippen molar-refractivity contribution in [1.82, 2.24) is 10.6 Å². The Bertz CT molecular complexity index is 638. The van der Waals surface area contributed by atoms with E-state index in [2.05, 4.69) is 53.1 Å². The Labute approximate surface area is 158 Å². The summed E-state index contributed by atoms with van der Waals surface area (Å²) in [6.45, 7) is 1.84. The van der Waals surface area contributed by atoms with E-state index in [0.29, 0.717) is 12.1 Å². The van der Waals surface area contributed by atoms with Crippen molar-refractivity contribution in [3.05, 3.63) is 65.7 Å². The normalized spacial score (nSPS) is 16.3. The summed E-state index contributed by atoms with van der Waals surface area (Å²) in [5, 5.41) is 7.57. The second kappa shape index (κ2) is 10.3. The van der Waals surface area contributed by atoms with Crippen LogP contribution in [0.1, 0.15) is 43.2 Å². The van der Waals surface area contributed by atoms with Gasteiger partial charge in [0.1, 0.15) is 5.75 Å². The number of ether oxygens (including phenoxy) is 1. The van der Waals surface area contributed by atoms with E-state index in [1.165, 1.54) is 43.2 Å². The van der Waals surface area contributed by atoms with Crippen LogP contribution in [0.4, 0.5) is 0 Å². The maximum atomic E-state index is 5.50. The van der Waals surface area contributed by atoms with Crippen LogP contribution in [0.25, 0.3) is 0 Å². The number of para-hydroxylation sites is 1. The molecule has 0 saturated heterocycles. The maximum absolute atomic E-state index is 5.50. The molecule has 1 aliphatic rings. The summed E-state index contributed by atoms with van der Waals surface area (Å²) < 4.78 is 5.50. The van der Waals surface area contributed by atoms with Gasteiger partial charge in [0.2, 0.25) is 0 Å². The first-order chi connectivity index (χ1) is 12.8. The average molecular weight is 353 g/mol. The van der Waals surface area contributed by atoms with Gasteiger partial charge in [0.05, 0.1) is 7.11 Å². The SMILES string of the molecule is COc1ccccc1CNC(CNC1CCCCC1)Cc1ccccc1. The van der Waals surface area contributed by atoms with Crippen molar-refractivity contribution in [2.75, 3.05) is 13.7 Å². The maximum Gasteiger partial charge on any atom is 0.123 e. The molecule has 3 nitrogen and oxygen atoms in total. The Morgan fingerprint density at radius 2 is 1.69 bits per heavy atom. The number of rotatable bonds is 9. The van der Waals surface area contributed by atoms with Gasteiger partial charge in [-0.05, 0) is 30.9 Å². The van der Waals surface area contributed by atoms with E-state index in [-0.39, 0.29) is 0 Å². The van der Waals surface area contributed by atoms with Crippen LogP contribution in [0.15, 0.2) is 54.6 Å². The van der Waals surface area contributed by atoms with Crippen molar-refractivity contribution in [3.63, 3.8) is 0 Å². The highest BCUT2D eigenvalue weighted by Gasteiger charge is 2.16. The fraction of sp³-hybridized carbons (Fsp3) is 0.478. The first-order valence-corrected chi connectivity index (χ1v) is 9.97. The Balaban J connectivity index is 1.59. The van der Waals surface area contributed by atoms with E-state index in [4.69, 9.17) is 4.74 Å². The molecule has 26 heavy (non-hydrogen) atoms. The third kappa shape index (κ3) is 5.86. The molecule has 1 atom stereocenters. The summed E-state index contributed by atoms with van der Waals surface area (Å²) in [7, 11) is 1.74. The van der Waals surface area contributed by atoms with Gasteiger partial charge in [0.15, 0.2) is 0 Å². The number of hydrogen-bond donors (Lipinski definition) is 2. The first kappa shape index (κ1) is 18.9. The smallest absolute Gasteiger partial charge is 0.123 e. The van der Waals surface area contributed by atoms with Gasteiger partial charge in [0, 0.05) is 30.7 Å². The Morgan fingerprint density at radius 3 is 2.46 bits per heavy atom. The molecule has 2 aromatic rings. The summed E-state index contributed by atoms with van der Waals surface area (Å²) in [5.74, 6) is 0.957. The van der Waals surface area contributed by atoms with E-state index in [1.807, 2.05) is 12.1 Å². The fourth-order valence-electron chi connectivity index (χ4n) is 3.83. The van der Waals surface area contributed by atoms with E-state index in [9.17, 15) is 0 Å². The molecule has 3 heteroatoms. The topological polar surface area (TPSA) is 33.3 Å². The Kier molecular flexibility index (Phi) is 7.53. The standard InChI is InChI=1S/C23H32N2O/c1-26-23-15-9-8-12-20(23)17-24-22(16-19-10-4-2-5-11-19)18-25-21-13-6-3-7-14-21/h2,4-5,8-12,15,21-22,24-25H,3,6-7,13-14,16-18H2,1H3. The lowest BCUT2D eigenvalue weighted by Gasteiger charge is -2.27. The predicted octanol–water partition coefficient (Wildman–Crippen LogP) is 4.32. The van der Waals surface area contributed by atoms with Crippen LogP contribution in [-0.2, 0) is 13.0 Å². The van der Waals surface area contributed by atoms with Gasteiger partial charge < -0.3 is 15.4 Å². The monoisotopic (exact) mass is 352 g/mol. The zero-order chi connectivity index (χ0) is 18.0. The predicted molar refractivity (Wildman–Crippen MR) is 109 cm³/mol. The summed E-state index contributed by atoms with van der Waals surface area (Å²) in [5.41, 5.74) is 2.60. The largest absolute Gasteiger partial charge is 0.496 e. The van der Waals surface area contributed by atoms with Gasteiger partial charge in [-0.2, -0.15) is 0 Å². The van der Waals surface area contributed by atoms with Crippen molar-refractivity contribution in [3.8, 4) is 5.75 Å². The van der Waals surface area contributed by atoms with Gasteiger partial charge >= 0.3 is 0 Å². The lowest BCUT2D eigenvalue weighted by atomic mass is 9.95. The van der Waals surface area contributed by atoms with E-state index in [1.54, 1.807) is 7.11 Å². The Hall–Kier alpha value is -1.84. The molecule has 0 aliphatic heterocycles. The summed E-state index contributed by atoms with van der Waals surface area (Å²) in [6, 6.07) is 20.1. The highest BCUT2D eigenvalue weighted by Crippen LogP contribution is 2.19. The van der Waals surface area contributed by atoms with Gasteiger partial charge in [-0.15, -0.1) is 0 Å². The molecular formula is C23H32N2O. The molecule has 1 fully saturated rings. The molecule has 0 radical (unpaired) electrons. The molecule has 2 N–H and O–H groups in total. The van der Waals surface area contributed by atoms with Crippen LogP contribution < -0.4 is 15.4 Å². The number of methoxy groups -OCH3 is 1. The van der Waals surface area contributed by atoms with Crippen molar-refractivity contribution in [2.45, 2.75) is 57.2 Å². The molecule has 140 valence electrons. The molecule has 1 unspecified atom stereocenters. The summed E-state index contributed by atoms with van der Waals surface area (Å²) in [6.07, 6.45) is 7.83. The third-order valence-electron chi connectivity index (χ3n) is 5.36. The van der Waals surface area contributed by atoms with E-state index in [0.717, 1.165) is 25.3 Å². The Morgan fingerprint density at radius 1 is 0.962 bits per heavy atom. The number of hydrogen-bond acceptors (Lipinski definition) is 3. The van der Waals surface area contributed by atoms with Crippen molar-refractivity contribution in [2.24, 2.45) is 0 Å². The second-order valence-corrected chi connectivity index (χ2v) is 7.32. The molecule has 0 heterocycles. The van der Waals surface area contributed by atoms with Crippen LogP contribution in [-0.4, -0.2) is 25.7 Å². The number of benzene rings is 2. The van der Waals surface area contributed by atoms with Crippen LogP contribution in [0, 0.1) is 0 Å². The zero-order valence-electron chi connectivity index (χ0n) is 15.9. The van der Waals surface area contributed by atoms with Gasteiger partial charge in [-0.3, -0.25) is 0 Å². The number of nitrogens with one attached hydrogen (secondary N) is 2. The van der Waals surface area contributed by atoms with Gasteiger partial charge in [0.25, 0.3) is 0 Å². The highest BCUT2D eigenvalue weighted by atomic mass is 16.5. The minimum absolute atomic E-state index is 0.407. The highest BCUT2D eigenvalue weighted by molar-refractivity contribution is 5.33. The van der Waals surface area contributed by atoms with E-state index >= 15 is 0 Å². The van der Waals surface area contributed by atoms with Crippen LogP contribution >= 0.6 is 0 Å². The second-order valence-electron chi connectivity index (χ2n) is 7.32. The van der Waals surface area contributed by atoms with Crippen molar-refractivity contribution < 1.29 is 4.74 Å². The average Bonchev–Trinajstić information content (AvgIpc) is 2.71. The lowest BCUT2D eigenvalue weighted by molar-refractivity contribution is 0.348. The minimum Gasteiger partial charge on any atom is -0.496 e. The van der Waals surface area contributed by atoms with Crippen LogP contribution in [0.2, 0.25) is 0 Å². The quantitative estimate of drug-likeness (QED) is 0.705. The van der Waals surface area contributed by atoms with Crippen molar-refractivity contribution in [1.29, 1.82) is 0 Å². The van der Waals surface area contributed by atoms with E-state index < -0.39 is 0 Å². The van der Waals surface area contributed by atoms with Gasteiger partial charge in [-0.1, -0.05) is 67.8 Å². The molecule has 1 saturated carbocycles. The fourth-order valence-corrected chi connectivity index (χ4v) is 3.83. The summed E-state index contributed by atoms with van der Waals surface area (Å²) >= 11 is 0. The molecule has 1 aliphatic carbocycles. The molecule has 0 spiro atoms. The summed E-state index contributed by atoms with van der Waals surface area (Å²) in [4.78, 5) is 0. The molecule has 0 aromatic heterocycles. The minimum atomic E-state index is 0.407. The molecular weight excluding hydrogens is 320 g/mol. The van der Waals surface area contributed by atoms with Gasteiger partial charge in [-0.25, -0.2) is 0 Å². The first-order valence-electron chi connectivity index (χ1n) is 9.97. The van der Waals surface area contributed by atoms with Crippen molar-refractivity contribution >= 4 is 0 Å². The third-order valence-corrected chi connectivity index (χ3v) is 5.36. The molecule has 0 amide bonds. The molecule has 2 aromatic carbocycles. The molecule has 3 rings (SSSR count). The van der Waals surface area contributed by atoms with Crippen LogP contribution in [0.3, 0.4) is 0 Å². The lowest BCUT2D eigenvalue weighted by Crippen LogP contribution is -2.44. The van der Waals surface area contributed by atoms with Crippen LogP contribution in [0.5, 0.6) is 5.75 Å². The molecule has 0 bridgehead atoms.